The third-order valence-electron chi connectivity index (χ3n) is 2.99. The second-order valence-electron chi connectivity index (χ2n) is 4.61. The van der Waals surface area contributed by atoms with Crippen LogP contribution in [-0.2, 0) is 0 Å². The molecule has 100 valence electrons. The predicted molar refractivity (Wildman–Crippen MR) is 83.2 cm³/mol. The third-order valence-corrected chi connectivity index (χ3v) is 3.44. The van der Waals surface area contributed by atoms with Gasteiger partial charge in [-0.05, 0) is 54.4 Å². The van der Waals surface area contributed by atoms with Gasteiger partial charge in [0.25, 0.3) is 0 Å². The molecule has 0 heterocycles. The summed E-state index contributed by atoms with van der Waals surface area (Å²) in [6, 6.07) is 14.2. The van der Waals surface area contributed by atoms with Crippen LogP contribution in [0, 0.1) is 6.92 Å². The zero-order chi connectivity index (χ0) is 13.8. The van der Waals surface area contributed by atoms with Crippen LogP contribution in [-0.4, -0.2) is 6.54 Å². The van der Waals surface area contributed by atoms with E-state index in [1.165, 1.54) is 0 Å². The van der Waals surface area contributed by atoms with E-state index in [2.05, 4.69) is 31.3 Å². The van der Waals surface area contributed by atoms with Crippen molar-refractivity contribution < 1.29 is 0 Å². The molecule has 1 nitrogen and oxygen atoms in total. The highest BCUT2D eigenvalue weighted by molar-refractivity contribution is 6.31. The fourth-order valence-electron chi connectivity index (χ4n) is 2.25. The van der Waals surface area contributed by atoms with E-state index in [0.717, 1.165) is 33.3 Å². The van der Waals surface area contributed by atoms with Crippen molar-refractivity contribution in [3.63, 3.8) is 0 Å². The minimum atomic E-state index is 0.112. The van der Waals surface area contributed by atoms with Gasteiger partial charge in [0, 0.05) is 10.0 Å². The summed E-state index contributed by atoms with van der Waals surface area (Å²) in [7, 11) is 0. The first-order chi connectivity index (χ1) is 9.10. The van der Waals surface area contributed by atoms with Crippen molar-refractivity contribution in [3.8, 4) is 0 Å². The molecular weight excluding hydrogens is 277 g/mol. The molecule has 1 N–H and O–H groups in total. The average Bonchev–Trinajstić information content (AvgIpc) is 2.34. The van der Waals surface area contributed by atoms with Gasteiger partial charge in [-0.2, -0.15) is 0 Å². The topological polar surface area (TPSA) is 12.0 Å². The first kappa shape index (κ1) is 14.4. The van der Waals surface area contributed by atoms with Crippen LogP contribution in [0.2, 0.25) is 10.0 Å². The molecule has 2 aromatic carbocycles. The lowest BCUT2D eigenvalue weighted by molar-refractivity contribution is 0.630. The number of rotatable bonds is 4. The van der Waals surface area contributed by atoms with E-state index in [9.17, 15) is 0 Å². The van der Waals surface area contributed by atoms with Gasteiger partial charge in [-0.25, -0.2) is 0 Å². The van der Waals surface area contributed by atoms with Crippen LogP contribution in [0.1, 0.15) is 29.7 Å². The molecule has 1 atom stereocenters. The molecule has 0 saturated carbocycles. The second-order valence-corrected chi connectivity index (χ2v) is 5.48. The molecule has 0 aliphatic carbocycles. The van der Waals surface area contributed by atoms with E-state index in [1.807, 2.05) is 30.3 Å². The van der Waals surface area contributed by atoms with E-state index in [1.54, 1.807) is 0 Å². The van der Waals surface area contributed by atoms with Crippen molar-refractivity contribution in [1.82, 2.24) is 5.32 Å². The smallest absolute Gasteiger partial charge is 0.0577 e. The van der Waals surface area contributed by atoms with Crippen molar-refractivity contribution in [2.24, 2.45) is 0 Å². The maximum absolute atomic E-state index is 6.16. The number of benzene rings is 2. The molecule has 0 bridgehead atoms. The van der Waals surface area contributed by atoms with Crippen LogP contribution in [0.25, 0.3) is 0 Å². The number of hydrogen-bond donors (Lipinski definition) is 1. The highest BCUT2D eigenvalue weighted by atomic mass is 35.5. The quantitative estimate of drug-likeness (QED) is 0.836. The molecule has 2 aromatic rings. The summed E-state index contributed by atoms with van der Waals surface area (Å²) in [6.45, 7) is 5.02. The summed E-state index contributed by atoms with van der Waals surface area (Å²) >= 11 is 12.2. The lowest BCUT2D eigenvalue weighted by Crippen LogP contribution is -2.22. The number of nitrogens with one attached hydrogen (secondary N) is 1. The van der Waals surface area contributed by atoms with Crippen LogP contribution in [0.4, 0.5) is 0 Å². The minimum Gasteiger partial charge on any atom is -0.307 e. The van der Waals surface area contributed by atoms with Gasteiger partial charge in [0.2, 0.25) is 0 Å². The monoisotopic (exact) mass is 293 g/mol. The Morgan fingerprint density at radius 1 is 1.00 bits per heavy atom. The first-order valence-electron chi connectivity index (χ1n) is 6.36. The van der Waals surface area contributed by atoms with Crippen LogP contribution < -0.4 is 5.32 Å². The predicted octanol–water partition coefficient (Wildman–Crippen LogP) is 5.00. The first-order valence-corrected chi connectivity index (χ1v) is 7.11. The van der Waals surface area contributed by atoms with Gasteiger partial charge in [0.1, 0.15) is 0 Å². The van der Waals surface area contributed by atoms with Crippen molar-refractivity contribution in [2.75, 3.05) is 6.54 Å². The number of halogens is 2. The zero-order valence-electron chi connectivity index (χ0n) is 11.1. The fourth-order valence-corrected chi connectivity index (χ4v) is 2.75. The Kier molecular flexibility index (Phi) is 4.87. The van der Waals surface area contributed by atoms with E-state index < -0.39 is 0 Å². The molecule has 2 rings (SSSR count). The van der Waals surface area contributed by atoms with Gasteiger partial charge < -0.3 is 5.32 Å². The van der Waals surface area contributed by atoms with Crippen LogP contribution in [0.5, 0.6) is 0 Å². The molecule has 0 fully saturated rings. The van der Waals surface area contributed by atoms with Gasteiger partial charge in [0.15, 0.2) is 0 Å². The van der Waals surface area contributed by atoms with Crippen LogP contribution >= 0.6 is 23.2 Å². The van der Waals surface area contributed by atoms with Gasteiger partial charge >= 0.3 is 0 Å². The summed E-state index contributed by atoms with van der Waals surface area (Å²) in [6.07, 6.45) is 0. The van der Waals surface area contributed by atoms with Gasteiger partial charge in [-0.3, -0.25) is 0 Å². The van der Waals surface area contributed by atoms with Crippen LogP contribution in [0.3, 0.4) is 0 Å². The fraction of sp³-hybridized carbons (Fsp3) is 0.250. The van der Waals surface area contributed by atoms with E-state index in [4.69, 9.17) is 23.2 Å². The molecule has 0 saturated heterocycles. The second kappa shape index (κ2) is 6.42. The van der Waals surface area contributed by atoms with Crippen molar-refractivity contribution in [3.05, 3.63) is 69.2 Å². The highest BCUT2D eigenvalue weighted by Gasteiger charge is 2.14. The molecule has 0 amide bonds. The Labute approximate surface area is 124 Å². The molecule has 0 radical (unpaired) electrons. The van der Waals surface area contributed by atoms with E-state index in [0.29, 0.717) is 0 Å². The largest absolute Gasteiger partial charge is 0.307 e. The maximum atomic E-state index is 6.16. The Morgan fingerprint density at radius 2 is 1.74 bits per heavy atom. The zero-order valence-corrected chi connectivity index (χ0v) is 12.6. The summed E-state index contributed by atoms with van der Waals surface area (Å²) < 4.78 is 0. The molecule has 3 heteroatoms. The lowest BCUT2D eigenvalue weighted by Gasteiger charge is -2.20. The molecule has 0 aromatic heterocycles. The van der Waals surface area contributed by atoms with E-state index >= 15 is 0 Å². The number of hydrogen-bond acceptors (Lipinski definition) is 1. The summed E-state index contributed by atoms with van der Waals surface area (Å²) in [5.74, 6) is 0. The average molecular weight is 294 g/mol. The molecule has 1 unspecified atom stereocenters. The Bertz CT molecular complexity index is 546. The minimum absolute atomic E-state index is 0.112. The SMILES string of the molecule is CCNC(c1cccc(Cl)c1)c1cc(C)cc(Cl)c1. The molecule has 0 spiro atoms. The maximum Gasteiger partial charge on any atom is 0.0577 e. The summed E-state index contributed by atoms with van der Waals surface area (Å²) in [4.78, 5) is 0. The standard InChI is InChI=1S/C16H17Cl2N/c1-3-19-16(12-5-4-6-14(17)9-12)13-7-11(2)8-15(18)10-13/h4-10,16,19H,3H2,1-2H3. The van der Waals surface area contributed by atoms with Crippen molar-refractivity contribution in [1.29, 1.82) is 0 Å². The van der Waals surface area contributed by atoms with E-state index in [-0.39, 0.29) is 6.04 Å². The third kappa shape index (κ3) is 3.73. The molecular formula is C16H17Cl2N. The Balaban J connectivity index is 2.44. The Hall–Kier alpha value is -1.02. The molecule has 19 heavy (non-hydrogen) atoms. The van der Waals surface area contributed by atoms with Crippen molar-refractivity contribution >= 4 is 23.2 Å². The van der Waals surface area contributed by atoms with Crippen molar-refractivity contribution in [2.45, 2.75) is 19.9 Å². The Morgan fingerprint density at radius 3 is 2.37 bits per heavy atom. The van der Waals surface area contributed by atoms with Gasteiger partial charge in [0.05, 0.1) is 6.04 Å². The molecule has 0 aliphatic rings. The molecule has 0 aliphatic heterocycles. The normalized spacial score (nSPS) is 12.4. The van der Waals surface area contributed by atoms with Gasteiger partial charge in [-0.1, -0.05) is 48.3 Å². The number of aryl methyl sites for hydroxylation is 1. The van der Waals surface area contributed by atoms with Crippen LogP contribution in [0.15, 0.2) is 42.5 Å². The lowest BCUT2D eigenvalue weighted by atomic mass is 9.97. The summed E-state index contributed by atoms with van der Waals surface area (Å²) in [5, 5.41) is 4.99. The van der Waals surface area contributed by atoms with Gasteiger partial charge in [-0.15, -0.1) is 0 Å². The summed E-state index contributed by atoms with van der Waals surface area (Å²) in [5.41, 5.74) is 3.47. The highest BCUT2D eigenvalue weighted by Crippen LogP contribution is 2.27.